The molecule has 2 aromatic heterocycles. The van der Waals surface area contributed by atoms with Crippen LogP contribution < -0.4 is 4.74 Å². The summed E-state index contributed by atoms with van der Waals surface area (Å²) >= 11 is 0. The van der Waals surface area contributed by atoms with Crippen molar-refractivity contribution in [2.24, 2.45) is 0 Å². The summed E-state index contributed by atoms with van der Waals surface area (Å²) in [5.74, 6) is -0.00735. The highest BCUT2D eigenvalue weighted by Crippen LogP contribution is 2.15. The fourth-order valence-corrected chi connectivity index (χ4v) is 2.38. The summed E-state index contributed by atoms with van der Waals surface area (Å²) in [4.78, 5) is 22.4. The van der Waals surface area contributed by atoms with E-state index in [2.05, 4.69) is 9.97 Å². The van der Waals surface area contributed by atoms with Crippen LogP contribution in [0.25, 0.3) is 0 Å². The van der Waals surface area contributed by atoms with Crippen molar-refractivity contribution in [2.75, 3.05) is 6.54 Å². The second-order valence-corrected chi connectivity index (χ2v) is 5.55. The third-order valence-corrected chi connectivity index (χ3v) is 3.72. The summed E-state index contributed by atoms with van der Waals surface area (Å²) in [7, 11) is 0. The van der Waals surface area contributed by atoms with Gasteiger partial charge in [-0.25, -0.2) is 9.37 Å². The molecule has 0 saturated carbocycles. The number of aromatic nitrogens is 2. The van der Waals surface area contributed by atoms with Gasteiger partial charge >= 0.3 is 0 Å². The number of carbonyl (C=O) groups is 1. The predicted molar refractivity (Wildman–Crippen MR) is 91.9 cm³/mol. The van der Waals surface area contributed by atoms with Gasteiger partial charge in [-0.15, -0.1) is 0 Å². The highest BCUT2D eigenvalue weighted by molar-refractivity contribution is 5.91. The molecule has 7 heteroatoms. The van der Waals surface area contributed by atoms with Crippen LogP contribution in [0.5, 0.6) is 5.75 Å². The SMILES string of the molecule is CCN(Cc1ccncc1)C(=O)c1coc(COc2cccc(F)c2)n1. The summed E-state index contributed by atoms with van der Waals surface area (Å²) < 4.78 is 23.9. The van der Waals surface area contributed by atoms with Gasteiger partial charge < -0.3 is 14.1 Å². The minimum absolute atomic E-state index is 0.00716. The number of hydrogen-bond acceptors (Lipinski definition) is 5. The van der Waals surface area contributed by atoms with Crippen LogP contribution in [0.2, 0.25) is 0 Å². The number of nitrogens with zero attached hydrogens (tertiary/aromatic N) is 3. The zero-order chi connectivity index (χ0) is 18.4. The fourth-order valence-electron chi connectivity index (χ4n) is 2.38. The van der Waals surface area contributed by atoms with Crippen molar-refractivity contribution in [3.8, 4) is 5.75 Å². The van der Waals surface area contributed by atoms with Gasteiger partial charge in [0.05, 0.1) is 0 Å². The zero-order valence-electron chi connectivity index (χ0n) is 14.3. The van der Waals surface area contributed by atoms with Crippen LogP contribution in [0, 0.1) is 5.82 Å². The normalized spacial score (nSPS) is 10.5. The molecule has 0 fully saturated rings. The van der Waals surface area contributed by atoms with Gasteiger partial charge in [-0.05, 0) is 36.8 Å². The molecular weight excluding hydrogens is 337 g/mol. The van der Waals surface area contributed by atoms with Crippen molar-refractivity contribution in [3.63, 3.8) is 0 Å². The molecule has 0 spiro atoms. The van der Waals surface area contributed by atoms with Crippen LogP contribution in [0.1, 0.15) is 28.9 Å². The summed E-state index contributed by atoms with van der Waals surface area (Å²) in [6, 6.07) is 9.49. The van der Waals surface area contributed by atoms with Crippen LogP contribution >= 0.6 is 0 Å². The highest BCUT2D eigenvalue weighted by atomic mass is 19.1. The quantitative estimate of drug-likeness (QED) is 0.649. The van der Waals surface area contributed by atoms with Crippen LogP contribution in [-0.4, -0.2) is 27.3 Å². The van der Waals surface area contributed by atoms with Crippen molar-refractivity contribution in [2.45, 2.75) is 20.1 Å². The summed E-state index contributed by atoms with van der Waals surface area (Å²) in [5, 5.41) is 0. The average Bonchev–Trinajstić information content (AvgIpc) is 3.14. The van der Waals surface area contributed by atoms with Crippen molar-refractivity contribution in [1.29, 1.82) is 0 Å². The Kier molecular flexibility index (Phi) is 5.58. The Morgan fingerprint density at radius 3 is 2.81 bits per heavy atom. The van der Waals surface area contributed by atoms with E-state index in [4.69, 9.17) is 9.15 Å². The van der Waals surface area contributed by atoms with Crippen molar-refractivity contribution >= 4 is 5.91 Å². The topological polar surface area (TPSA) is 68.5 Å². The maximum absolute atomic E-state index is 13.1. The molecule has 1 aromatic carbocycles. The van der Waals surface area contributed by atoms with Gasteiger partial charge in [0.1, 0.15) is 17.8 Å². The van der Waals surface area contributed by atoms with Crippen molar-refractivity contribution in [1.82, 2.24) is 14.9 Å². The Morgan fingerprint density at radius 1 is 1.27 bits per heavy atom. The number of ether oxygens (including phenoxy) is 1. The first-order valence-electron chi connectivity index (χ1n) is 8.16. The lowest BCUT2D eigenvalue weighted by Crippen LogP contribution is -2.30. The molecule has 3 rings (SSSR count). The van der Waals surface area contributed by atoms with Gasteiger partial charge in [0, 0.05) is 31.5 Å². The standard InChI is InChI=1S/C19H18FN3O3/c1-2-23(11-14-6-8-21-9-7-14)19(24)17-12-26-18(22-17)13-25-16-5-3-4-15(20)10-16/h3-10,12H,2,11,13H2,1H3. The lowest BCUT2D eigenvalue weighted by atomic mass is 10.2. The van der Waals surface area contributed by atoms with E-state index < -0.39 is 0 Å². The zero-order valence-corrected chi connectivity index (χ0v) is 14.3. The third-order valence-electron chi connectivity index (χ3n) is 3.72. The van der Waals surface area contributed by atoms with E-state index in [0.29, 0.717) is 18.8 Å². The van der Waals surface area contributed by atoms with Gasteiger partial charge in [0.15, 0.2) is 12.3 Å². The Labute approximate surface area is 150 Å². The molecule has 0 aliphatic carbocycles. The molecule has 0 aliphatic rings. The third kappa shape index (κ3) is 4.44. The van der Waals surface area contributed by atoms with Gasteiger partial charge in [-0.1, -0.05) is 6.07 Å². The summed E-state index contributed by atoms with van der Waals surface area (Å²) in [6.07, 6.45) is 4.68. The number of oxazole rings is 1. The van der Waals surface area contributed by atoms with E-state index in [-0.39, 0.29) is 29.9 Å². The Bertz CT molecular complexity index is 867. The molecule has 0 bridgehead atoms. The van der Waals surface area contributed by atoms with Crippen LogP contribution in [-0.2, 0) is 13.2 Å². The summed E-state index contributed by atoms with van der Waals surface area (Å²) in [5.41, 5.74) is 1.19. The van der Waals surface area contributed by atoms with Crippen LogP contribution in [0.4, 0.5) is 4.39 Å². The lowest BCUT2D eigenvalue weighted by molar-refractivity contribution is 0.0746. The van der Waals surface area contributed by atoms with E-state index in [1.54, 1.807) is 29.4 Å². The minimum Gasteiger partial charge on any atom is -0.484 e. The number of rotatable bonds is 7. The van der Waals surface area contributed by atoms with Gasteiger partial charge in [0.2, 0.25) is 5.89 Å². The summed E-state index contributed by atoms with van der Waals surface area (Å²) in [6.45, 7) is 2.89. The molecule has 0 aliphatic heterocycles. The number of benzene rings is 1. The van der Waals surface area contributed by atoms with Gasteiger partial charge in [-0.2, -0.15) is 0 Å². The second-order valence-electron chi connectivity index (χ2n) is 5.55. The molecule has 3 aromatic rings. The first-order chi connectivity index (χ1) is 12.7. The maximum Gasteiger partial charge on any atom is 0.276 e. The number of amides is 1. The molecular formula is C19H18FN3O3. The molecule has 0 radical (unpaired) electrons. The number of hydrogen-bond donors (Lipinski definition) is 0. The monoisotopic (exact) mass is 355 g/mol. The Hall–Kier alpha value is -3.22. The van der Waals surface area contributed by atoms with Crippen LogP contribution in [0.15, 0.2) is 59.5 Å². The largest absolute Gasteiger partial charge is 0.484 e. The molecule has 0 atom stereocenters. The van der Waals surface area contributed by atoms with Crippen molar-refractivity contribution < 1.29 is 18.3 Å². The molecule has 2 heterocycles. The van der Waals surface area contributed by atoms with Crippen molar-refractivity contribution in [3.05, 3.63) is 78.0 Å². The van der Waals surface area contributed by atoms with Gasteiger partial charge in [0.25, 0.3) is 5.91 Å². The Balaban J connectivity index is 1.63. The predicted octanol–water partition coefficient (Wildman–Crippen LogP) is 3.45. The average molecular weight is 355 g/mol. The van der Waals surface area contributed by atoms with E-state index >= 15 is 0 Å². The second kappa shape index (κ2) is 8.24. The molecule has 0 saturated heterocycles. The van der Waals surface area contributed by atoms with E-state index in [1.807, 2.05) is 19.1 Å². The van der Waals surface area contributed by atoms with E-state index in [1.165, 1.54) is 18.4 Å². The molecule has 26 heavy (non-hydrogen) atoms. The molecule has 134 valence electrons. The first kappa shape index (κ1) is 17.6. The fraction of sp³-hybridized carbons (Fsp3) is 0.211. The Morgan fingerprint density at radius 2 is 2.08 bits per heavy atom. The van der Waals surface area contributed by atoms with E-state index in [0.717, 1.165) is 5.56 Å². The smallest absolute Gasteiger partial charge is 0.276 e. The van der Waals surface area contributed by atoms with E-state index in [9.17, 15) is 9.18 Å². The minimum atomic E-state index is -0.388. The molecule has 1 amide bonds. The molecule has 6 nitrogen and oxygen atoms in total. The number of halogens is 1. The molecule has 0 N–H and O–H groups in total. The lowest BCUT2D eigenvalue weighted by Gasteiger charge is -2.19. The number of carbonyl (C=O) groups excluding carboxylic acids is 1. The highest BCUT2D eigenvalue weighted by Gasteiger charge is 2.19. The maximum atomic E-state index is 13.1. The van der Waals surface area contributed by atoms with Gasteiger partial charge in [-0.3, -0.25) is 9.78 Å². The first-order valence-corrected chi connectivity index (χ1v) is 8.16. The molecule has 0 unspecified atom stereocenters. The van der Waals surface area contributed by atoms with Crippen LogP contribution in [0.3, 0.4) is 0 Å². The number of pyridine rings is 1.